The number of fused-ring (bicyclic) bond motifs is 1. The second-order valence-corrected chi connectivity index (χ2v) is 10.2. The van der Waals surface area contributed by atoms with Gasteiger partial charge in [-0.25, -0.2) is 4.99 Å². The van der Waals surface area contributed by atoms with E-state index in [1.807, 2.05) is 30.3 Å². The molecule has 0 atom stereocenters. The first-order valence-corrected chi connectivity index (χ1v) is 13.3. The fourth-order valence-electron chi connectivity index (χ4n) is 4.41. The molecule has 0 spiro atoms. The van der Waals surface area contributed by atoms with Crippen molar-refractivity contribution in [1.82, 2.24) is 5.32 Å². The molecule has 0 saturated heterocycles. The second kappa shape index (κ2) is 11.5. The van der Waals surface area contributed by atoms with E-state index in [2.05, 4.69) is 36.5 Å². The van der Waals surface area contributed by atoms with E-state index in [9.17, 15) is 4.79 Å². The van der Waals surface area contributed by atoms with Crippen molar-refractivity contribution in [3.8, 4) is 11.5 Å². The lowest BCUT2D eigenvalue weighted by Gasteiger charge is -2.12. The van der Waals surface area contributed by atoms with Crippen molar-refractivity contribution >= 4 is 28.5 Å². The van der Waals surface area contributed by atoms with E-state index in [-0.39, 0.29) is 5.91 Å². The average molecular weight is 515 g/mol. The molecule has 7 heteroatoms. The first-order chi connectivity index (χ1) is 18.1. The van der Waals surface area contributed by atoms with E-state index in [4.69, 9.17) is 18.9 Å². The summed E-state index contributed by atoms with van der Waals surface area (Å²) in [6.45, 7) is 2.87. The Morgan fingerprint density at radius 1 is 1.11 bits per heavy atom. The van der Waals surface area contributed by atoms with Crippen LogP contribution < -0.4 is 14.8 Å². The van der Waals surface area contributed by atoms with E-state index in [1.165, 1.54) is 10.4 Å². The van der Waals surface area contributed by atoms with Crippen LogP contribution in [0.4, 0.5) is 5.00 Å². The number of methoxy groups -OCH3 is 1. The van der Waals surface area contributed by atoms with Gasteiger partial charge in [0.1, 0.15) is 17.4 Å². The van der Waals surface area contributed by atoms with E-state index < -0.39 is 0 Å². The molecule has 1 N–H and O–H groups in total. The van der Waals surface area contributed by atoms with Crippen LogP contribution in [-0.2, 0) is 26.0 Å². The quantitative estimate of drug-likeness (QED) is 0.249. The molecule has 0 fully saturated rings. The van der Waals surface area contributed by atoms with Crippen molar-refractivity contribution in [3.63, 3.8) is 0 Å². The van der Waals surface area contributed by atoms with E-state index in [0.29, 0.717) is 30.2 Å². The maximum absolute atomic E-state index is 13.2. The number of amides is 1. The Balaban J connectivity index is 1.34. The first-order valence-electron chi connectivity index (χ1n) is 12.5. The fourth-order valence-corrected chi connectivity index (χ4v) is 5.64. The van der Waals surface area contributed by atoms with Gasteiger partial charge in [0.2, 0.25) is 0 Å². The van der Waals surface area contributed by atoms with Crippen LogP contribution in [0.2, 0.25) is 0 Å². The zero-order valence-corrected chi connectivity index (χ0v) is 21.9. The summed E-state index contributed by atoms with van der Waals surface area (Å²) in [5.41, 5.74) is 5.01. The van der Waals surface area contributed by atoms with Gasteiger partial charge < -0.3 is 19.2 Å². The third-order valence-electron chi connectivity index (χ3n) is 6.42. The first kappa shape index (κ1) is 24.8. The van der Waals surface area contributed by atoms with Crippen LogP contribution in [-0.4, -0.2) is 19.2 Å². The molecule has 2 aromatic carbocycles. The van der Waals surface area contributed by atoms with Gasteiger partial charge in [-0.1, -0.05) is 29.8 Å². The van der Waals surface area contributed by atoms with Crippen molar-refractivity contribution < 1.29 is 18.7 Å². The number of nitrogens with one attached hydrogen (secondary N) is 1. The molecule has 1 aliphatic rings. The summed E-state index contributed by atoms with van der Waals surface area (Å²) >= 11 is 1.61. The lowest BCUT2D eigenvalue weighted by atomic mass is 9.95. The molecule has 4 aromatic rings. The van der Waals surface area contributed by atoms with Gasteiger partial charge in [0.15, 0.2) is 11.5 Å². The van der Waals surface area contributed by atoms with E-state index in [0.717, 1.165) is 53.1 Å². The number of benzene rings is 2. The van der Waals surface area contributed by atoms with Crippen molar-refractivity contribution in [3.05, 3.63) is 99.3 Å². The second-order valence-electron chi connectivity index (χ2n) is 9.10. The molecule has 0 unspecified atom stereocenters. The third-order valence-corrected chi connectivity index (χ3v) is 7.62. The lowest BCUT2D eigenvalue weighted by Crippen LogP contribution is -2.23. The minimum atomic E-state index is -0.111. The molecule has 0 bridgehead atoms. The van der Waals surface area contributed by atoms with Crippen LogP contribution in [0, 0.1) is 6.92 Å². The molecule has 37 heavy (non-hydrogen) atoms. The molecular weight excluding hydrogens is 484 g/mol. The molecule has 0 saturated carbocycles. The summed E-state index contributed by atoms with van der Waals surface area (Å²) in [7, 11) is 1.63. The number of hydrogen-bond acceptors (Lipinski definition) is 6. The largest absolute Gasteiger partial charge is 0.493 e. The smallest absolute Gasteiger partial charge is 0.255 e. The van der Waals surface area contributed by atoms with Crippen molar-refractivity contribution in [2.24, 2.45) is 4.99 Å². The highest BCUT2D eigenvalue weighted by atomic mass is 32.1. The Hall–Kier alpha value is -3.84. The number of hydrogen-bond donors (Lipinski definition) is 1. The van der Waals surface area contributed by atoms with Gasteiger partial charge >= 0.3 is 0 Å². The predicted octanol–water partition coefficient (Wildman–Crippen LogP) is 6.80. The summed E-state index contributed by atoms with van der Waals surface area (Å²) < 4.78 is 17.0. The fraction of sp³-hybridized carbons (Fsp3) is 0.267. The number of nitrogens with zero attached hydrogens (tertiary/aromatic N) is 1. The maximum atomic E-state index is 13.2. The Bertz CT molecular complexity index is 1390. The summed E-state index contributed by atoms with van der Waals surface area (Å²) in [6.07, 6.45) is 7.53. The Morgan fingerprint density at radius 2 is 1.95 bits per heavy atom. The molecule has 1 amide bonds. The van der Waals surface area contributed by atoms with E-state index >= 15 is 0 Å². The lowest BCUT2D eigenvalue weighted by molar-refractivity contribution is 0.0948. The molecule has 2 heterocycles. The van der Waals surface area contributed by atoms with Crippen molar-refractivity contribution in [2.45, 2.75) is 45.8 Å². The number of carbonyl (C=O) groups is 1. The molecule has 190 valence electrons. The molecule has 0 radical (unpaired) electrons. The Morgan fingerprint density at radius 3 is 2.73 bits per heavy atom. The number of carbonyl (C=O) groups excluding carboxylic acids is 1. The summed E-state index contributed by atoms with van der Waals surface area (Å²) in [5.74, 6) is 1.92. The number of ether oxygens (including phenoxy) is 2. The number of aryl methyl sites for hydroxylation is 2. The normalized spacial score (nSPS) is 12.9. The van der Waals surface area contributed by atoms with Crippen LogP contribution in [0.3, 0.4) is 0 Å². The van der Waals surface area contributed by atoms with Crippen LogP contribution in [0.5, 0.6) is 11.5 Å². The third kappa shape index (κ3) is 5.94. The summed E-state index contributed by atoms with van der Waals surface area (Å²) in [6, 6.07) is 17.7. The van der Waals surface area contributed by atoms with Gasteiger partial charge in [0.05, 0.1) is 25.5 Å². The highest BCUT2D eigenvalue weighted by Gasteiger charge is 2.25. The van der Waals surface area contributed by atoms with Crippen LogP contribution in [0.25, 0.3) is 0 Å². The highest BCUT2D eigenvalue weighted by molar-refractivity contribution is 7.16. The standard InChI is InChI=1S/C30H30N2O4S/c1-20-9-11-21(12-10-20)19-36-25-14-13-22(16-26(25)34-2)17-32-30-28(24-7-3-4-8-27(24)37-30)29(33)31-18-23-6-5-15-35-23/h5-6,9-17H,3-4,7-8,18-19H2,1-2H3,(H,31,33). The number of thiophene rings is 1. The van der Waals surface area contributed by atoms with Crippen LogP contribution in [0.15, 0.2) is 70.3 Å². The number of aliphatic imine (C=N–C) groups is 1. The SMILES string of the molecule is COc1cc(C=Nc2sc3c(c2C(=O)NCc2ccco2)CCCC3)ccc1OCc1ccc(C)cc1. The number of furan rings is 1. The van der Waals surface area contributed by atoms with Gasteiger partial charge in [0.25, 0.3) is 5.91 Å². The topological polar surface area (TPSA) is 73.1 Å². The van der Waals surface area contributed by atoms with Gasteiger partial charge in [-0.3, -0.25) is 4.79 Å². The molecule has 1 aliphatic carbocycles. The monoisotopic (exact) mass is 514 g/mol. The maximum Gasteiger partial charge on any atom is 0.255 e. The summed E-state index contributed by atoms with van der Waals surface area (Å²) in [5, 5.41) is 3.73. The van der Waals surface area contributed by atoms with Crippen LogP contribution in [0.1, 0.15) is 56.1 Å². The van der Waals surface area contributed by atoms with E-state index in [1.54, 1.807) is 30.9 Å². The molecular formula is C30H30N2O4S. The van der Waals surface area contributed by atoms with Gasteiger partial charge in [-0.2, -0.15) is 0 Å². The molecule has 2 aromatic heterocycles. The Kier molecular flexibility index (Phi) is 7.70. The highest BCUT2D eigenvalue weighted by Crippen LogP contribution is 2.40. The van der Waals surface area contributed by atoms with Crippen LogP contribution >= 0.6 is 11.3 Å². The number of rotatable bonds is 9. The molecule has 0 aliphatic heterocycles. The zero-order chi connectivity index (χ0) is 25.6. The molecule has 6 nitrogen and oxygen atoms in total. The molecule has 5 rings (SSSR count). The average Bonchev–Trinajstić information content (AvgIpc) is 3.58. The van der Waals surface area contributed by atoms with Gasteiger partial charge in [-0.05, 0) is 79.6 Å². The minimum Gasteiger partial charge on any atom is -0.493 e. The summed E-state index contributed by atoms with van der Waals surface area (Å²) in [4.78, 5) is 19.2. The van der Waals surface area contributed by atoms with Gasteiger partial charge in [0, 0.05) is 11.1 Å². The Labute approximate surface area is 221 Å². The van der Waals surface area contributed by atoms with Crippen molar-refractivity contribution in [2.75, 3.05) is 7.11 Å². The zero-order valence-electron chi connectivity index (χ0n) is 21.1. The van der Waals surface area contributed by atoms with Crippen molar-refractivity contribution in [1.29, 1.82) is 0 Å². The predicted molar refractivity (Wildman–Crippen MR) is 147 cm³/mol. The van der Waals surface area contributed by atoms with Gasteiger partial charge in [-0.15, -0.1) is 11.3 Å². The minimum absolute atomic E-state index is 0.111.